The first-order chi connectivity index (χ1) is 10.5. The maximum Gasteiger partial charge on any atom is 0.262 e. The van der Waals surface area contributed by atoms with Crippen molar-refractivity contribution in [3.8, 4) is 0 Å². The molecule has 2 aromatic heterocycles. The number of pyridine rings is 1. The van der Waals surface area contributed by atoms with Crippen LogP contribution < -0.4 is 10.9 Å². The molecule has 22 heavy (non-hydrogen) atoms. The molecule has 0 atom stereocenters. The minimum atomic E-state index is -0.500. The first kappa shape index (κ1) is 16.3. The SMILES string of the molecule is CCC(CC)n1ncc(C)c1NC(=O)c1cc(Cl)c[nH]c1=O. The quantitative estimate of drug-likeness (QED) is 0.887. The van der Waals surface area contributed by atoms with Crippen molar-refractivity contribution in [3.05, 3.63) is 45.0 Å². The molecule has 2 N–H and O–H groups in total. The normalized spacial score (nSPS) is 11.0. The highest BCUT2D eigenvalue weighted by Gasteiger charge is 2.18. The molecular weight excluding hydrogens is 304 g/mol. The fraction of sp³-hybridized carbons (Fsp3) is 0.400. The standard InChI is InChI=1S/C15H19ClN4O2/c1-4-11(5-2)20-13(9(3)7-18-20)19-15(22)12-6-10(16)8-17-14(12)21/h6-8,11H,4-5H2,1-3H3,(H,17,21)(H,19,22). The van der Waals surface area contributed by atoms with Gasteiger partial charge in [0, 0.05) is 11.8 Å². The zero-order valence-corrected chi connectivity index (χ0v) is 13.6. The number of rotatable bonds is 5. The Kier molecular flexibility index (Phi) is 5.03. The molecule has 0 saturated carbocycles. The maximum absolute atomic E-state index is 12.4. The highest BCUT2D eigenvalue weighted by Crippen LogP contribution is 2.24. The van der Waals surface area contributed by atoms with Crippen LogP contribution in [0.2, 0.25) is 5.02 Å². The Bertz CT molecular complexity index is 731. The van der Waals surface area contributed by atoms with Gasteiger partial charge in [0.15, 0.2) is 0 Å². The van der Waals surface area contributed by atoms with Gasteiger partial charge in [-0.3, -0.25) is 9.59 Å². The molecular formula is C15H19ClN4O2. The minimum Gasteiger partial charge on any atom is -0.327 e. The summed E-state index contributed by atoms with van der Waals surface area (Å²) in [5.74, 6) is 0.109. The highest BCUT2D eigenvalue weighted by atomic mass is 35.5. The maximum atomic E-state index is 12.4. The molecule has 0 fully saturated rings. The number of aryl methyl sites for hydroxylation is 1. The topological polar surface area (TPSA) is 79.8 Å². The molecule has 0 unspecified atom stereocenters. The van der Waals surface area contributed by atoms with Crippen molar-refractivity contribution in [2.24, 2.45) is 0 Å². The van der Waals surface area contributed by atoms with Crippen molar-refractivity contribution in [2.45, 2.75) is 39.7 Å². The Balaban J connectivity index is 2.35. The lowest BCUT2D eigenvalue weighted by atomic mass is 10.2. The van der Waals surface area contributed by atoms with Crippen LogP contribution in [0.1, 0.15) is 48.7 Å². The van der Waals surface area contributed by atoms with Crippen LogP contribution in [0.5, 0.6) is 0 Å². The summed E-state index contributed by atoms with van der Waals surface area (Å²) in [6.07, 6.45) is 4.85. The van der Waals surface area contributed by atoms with E-state index in [0.29, 0.717) is 10.8 Å². The van der Waals surface area contributed by atoms with Crippen molar-refractivity contribution in [2.75, 3.05) is 5.32 Å². The lowest BCUT2D eigenvalue weighted by Crippen LogP contribution is -2.25. The van der Waals surface area contributed by atoms with Crippen LogP contribution in [-0.4, -0.2) is 20.7 Å². The average molecular weight is 323 g/mol. The number of aromatic amines is 1. The van der Waals surface area contributed by atoms with Crippen molar-refractivity contribution < 1.29 is 4.79 Å². The van der Waals surface area contributed by atoms with Crippen LogP contribution in [0, 0.1) is 6.92 Å². The molecule has 2 heterocycles. The number of halogens is 1. The number of anilines is 1. The van der Waals surface area contributed by atoms with Crippen molar-refractivity contribution in [1.82, 2.24) is 14.8 Å². The molecule has 0 aliphatic heterocycles. The van der Waals surface area contributed by atoms with Gasteiger partial charge >= 0.3 is 0 Å². The van der Waals surface area contributed by atoms with E-state index in [0.717, 1.165) is 18.4 Å². The Morgan fingerprint density at radius 2 is 2.14 bits per heavy atom. The molecule has 1 amide bonds. The van der Waals surface area contributed by atoms with E-state index in [1.54, 1.807) is 10.9 Å². The predicted octanol–water partition coefficient (Wildman–Crippen LogP) is 3.15. The monoisotopic (exact) mass is 322 g/mol. The fourth-order valence-electron chi connectivity index (χ4n) is 2.32. The van der Waals surface area contributed by atoms with Gasteiger partial charge in [0.2, 0.25) is 0 Å². The fourth-order valence-corrected chi connectivity index (χ4v) is 2.48. The van der Waals surface area contributed by atoms with E-state index in [-0.39, 0.29) is 11.6 Å². The van der Waals surface area contributed by atoms with E-state index in [2.05, 4.69) is 29.2 Å². The molecule has 0 saturated heterocycles. The lowest BCUT2D eigenvalue weighted by molar-refractivity contribution is 0.102. The highest BCUT2D eigenvalue weighted by molar-refractivity contribution is 6.30. The summed E-state index contributed by atoms with van der Waals surface area (Å²) in [6.45, 7) is 6.00. The Morgan fingerprint density at radius 1 is 1.45 bits per heavy atom. The van der Waals surface area contributed by atoms with Crippen LogP contribution in [0.15, 0.2) is 23.3 Å². The number of aromatic nitrogens is 3. The molecule has 7 heteroatoms. The van der Waals surface area contributed by atoms with Gasteiger partial charge in [-0.15, -0.1) is 0 Å². The Morgan fingerprint density at radius 3 is 2.77 bits per heavy atom. The number of hydrogen-bond donors (Lipinski definition) is 2. The second-order valence-electron chi connectivity index (χ2n) is 5.11. The third-order valence-electron chi connectivity index (χ3n) is 3.61. The van der Waals surface area contributed by atoms with Gasteiger partial charge < -0.3 is 10.3 Å². The molecule has 0 aromatic carbocycles. The first-order valence-electron chi connectivity index (χ1n) is 7.21. The molecule has 6 nitrogen and oxygen atoms in total. The summed E-state index contributed by atoms with van der Waals surface area (Å²) in [6, 6.07) is 1.55. The Labute approximate surface area is 133 Å². The predicted molar refractivity (Wildman–Crippen MR) is 86.6 cm³/mol. The molecule has 0 radical (unpaired) electrons. The summed E-state index contributed by atoms with van der Waals surface area (Å²) in [4.78, 5) is 26.6. The van der Waals surface area contributed by atoms with Crippen molar-refractivity contribution >= 4 is 23.3 Å². The molecule has 0 spiro atoms. The lowest BCUT2D eigenvalue weighted by Gasteiger charge is -2.17. The van der Waals surface area contributed by atoms with E-state index >= 15 is 0 Å². The smallest absolute Gasteiger partial charge is 0.262 e. The number of carbonyl (C=O) groups is 1. The van der Waals surface area contributed by atoms with Gasteiger partial charge in [-0.2, -0.15) is 5.10 Å². The van der Waals surface area contributed by atoms with E-state index in [1.807, 2.05) is 6.92 Å². The third kappa shape index (κ3) is 3.22. The number of H-pyrrole nitrogens is 1. The van der Waals surface area contributed by atoms with Gasteiger partial charge in [0.1, 0.15) is 11.4 Å². The largest absolute Gasteiger partial charge is 0.327 e. The number of hydrogen-bond acceptors (Lipinski definition) is 3. The molecule has 2 rings (SSSR count). The summed E-state index contributed by atoms with van der Waals surface area (Å²) in [7, 11) is 0. The third-order valence-corrected chi connectivity index (χ3v) is 3.83. The number of amides is 1. The van der Waals surface area contributed by atoms with Crippen LogP contribution in [0.3, 0.4) is 0 Å². The van der Waals surface area contributed by atoms with E-state index in [4.69, 9.17) is 11.6 Å². The average Bonchev–Trinajstić information content (AvgIpc) is 2.84. The summed E-state index contributed by atoms with van der Waals surface area (Å²) >= 11 is 5.83. The van der Waals surface area contributed by atoms with Gasteiger partial charge in [0.05, 0.1) is 17.3 Å². The Hall–Kier alpha value is -2.08. The second kappa shape index (κ2) is 6.79. The van der Waals surface area contributed by atoms with Crippen molar-refractivity contribution in [1.29, 1.82) is 0 Å². The summed E-state index contributed by atoms with van der Waals surface area (Å²) in [5, 5.41) is 7.41. The van der Waals surface area contributed by atoms with Crippen LogP contribution in [0.4, 0.5) is 5.82 Å². The second-order valence-corrected chi connectivity index (χ2v) is 5.54. The molecule has 0 aliphatic carbocycles. The van der Waals surface area contributed by atoms with Crippen LogP contribution in [0.25, 0.3) is 0 Å². The zero-order valence-electron chi connectivity index (χ0n) is 12.8. The number of nitrogens with one attached hydrogen (secondary N) is 2. The number of carbonyl (C=O) groups excluding carboxylic acids is 1. The molecule has 0 bridgehead atoms. The summed E-state index contributed by atoms with van der Waals surface area (Å²) in [5.41, 5.74) is 0.344. The van der Waals surface area contributed by atoms with Crippen LogP contribution in [-0.2, 0) is 0 Å². The number of nitrogens with zero attached hydrogens (tertiary/aromatic N) is 2. The van der Waals surface area contributed by atoms with E-state index in [9.17, 15) is 9.59 Å². The van der Waals surface area contributed by atoms with E-state index < -0.39 is 11.5 Å². The minimum absolute atomic E-state index is 0.0239. The van der Waals surface area contributed by atoms with E-state index in [1.165, 1.54) is 12.3 Å². The van der Waals surface area contributed by atoms with Gasteiger partial charge in [0.25, 0.3) is 11.5 Å². The first-order valence-corrected chi connectivity index (χ1v) is 7.59. The van der Waals surface area contributed by atoms with Gasteiger partial charge in [-0.1, -0.05) is 25.4 Å². The molecule has 118 valence electrons. The van der Waals surface area contributed by atoms with Crippen molar-refractivity contribution in [3.63, 3.8) is 0 Å². The molecule has 0 aliphatic rings. The van der Waals surface area contributed by atoms with Crippen LogP contribution >= 0.6 is 11.6 Å². The zero-order chi connectivity index (χ0) is 16.3. The van der Waals surface area contributed by atoms with Gasteiger partial charge in [-0.05, 0) is 25.8 Å². The van der Waals surface area contributed by atoms with Gasteiger partial charge in [-0.25, -0.2) is 4.68 Å². The molecule has 2 aromatic rings. The summed E-state index contributed by atoms with van der Waals surface area (Å²) < 4.78 is 1.80.